The third-order valence-corrected chi connectivity index (χ3v) is 3.13. The first kappa shape index (κ1) is 9.57. The summed E-state index contributed by atoms with van der Waals surface area (Å²) in [5.41, 5.74) is 2.06. The van der Waals surface area contributed by atoms with Crippen LogP contribution in [0, 0.1) is 0 Å². The van der Waals surface area contributed by atoms with Crippen LogP contribution in [0.4, 0.5) is 0 Å². The van der Waals surface area contributed by atoms with Crippen LogP contribution in [-0.2, 0) is 8.86 Å². The van der Waals surface area contributed by atoms with E-state index in [0.29, 0.717) is 5.75 Å². The third kappa shape index (κ3) is 2.21. The number of phenolic OH excluding ortho intramolecular Hbond substituents is 1. The highest BCUT2D eigenvalue weighted by Gasteiger charge is 2.02. The zero-order valence-electron chi connectivity index (χ0n) is 5.85. The molecule has 1 aromatic rings. The van der Waals surface area contributed by atoms with Gasteiger partial charge in [0.2, 0.25) is 0 Å². The molecule has 0 fully saturated rings. The van der Waals surface area contributed by atoms with Crippen LogP contribution >= 0.6 is 45.2 Å². The molecule has 0 unspecified atom stereocenters. The van der Waals surface area contributed by atoms with E-state index in [0.717, 1.165) is 20.0 Å². The molecule has 1 N–H and O–H groups in total. The highest BCUT2D eigenvalue weighted by Crippen LogP contribution is 2.26. The molecule has 3 heteroatoms. The van der Waals surface area contributed by atoms with Gasteiger partial charge in [0.15, 0.2) is 0 Å². The number of aromatic hydroxyl groups is 1. The van der Waals surface area contributed by atoms with Crippen molar-refractivity contribution < 1.29 is 5.11 Å². The van der Waals surface area contributed by atoms with Crippen molar-refractivity contribution in [1.29, 1.82) is 0 Å². The van der Waals surface area contributed by atoms with E-state index in [1.54, 1.807) is 0 Å². The lowest BCUT2D eigenvalue weighted by atomic mass is 10.1. The molecular weight excluding hydrogens is 366 g/mol. The first-order valence-electron chi connectivity index (χ1n) is 3.21. The Morgan fingerprint density at radius 3 is 1.91 bits per heavy atom. The molecule has 11 heavy (non-hydrogen) atoms. The SMILES string of the molecule is Oc1c(CI)cccc1CI. The lowest BCUT2D eigenvalue weighted by molar-refractivity contribution is 0.466. The third-order valence-electron chi connectivity index (χ3n) is 1.49. The number of benzene rings is 1. The minimum atomic E-state index is 0.469. The molecule has 0 atom stereocenters. The predicted molar refractivity (Wildman–Crippen MR) is 63.6 cm³/mol. The largest absolute Gasteiger partial charge is 0.507 e. The minimum Gasteiger partial charge on any atom is -0.507 e. The van der Waals surface area contributed by atoms with Gasteiger partial charge in [-0.2, -0.15) is 0 Å². The van der Waals surface area contributed by atoms with E-state index in [2.05, 4.69) is 45.2 Å². The molecule has 0 saturated carbocycles. The van der Waals surface area contributed by atoms with E-state index in [1.807, 2.05) is 18.2 Å². The van der Waals surface area contributed by atoms with Gasteiger partial charge < -0.3 is 5.11 Å². The summed E-state index contributed by atoms with van der Waals surface area (Å²) in [5.74, 6) is 0.469. The number of hydrogen-bond donors (Lipinski definition) is 1. The van der Waals surface area contributed by atoms with Crippen molar-refractivity contribution in [3.8, 4) is 5.75 Å². The van der Waals surface area contributed by atoms with Crippen molar-refractivity contribution >= 4 is 45.2 Å². The van der Waals surface area contributed by atoms with Crippen molar-refractivity contribution in [2.24, 2.45) is 0 Å². The maximum Gasteiger partial charge on any atom is 0.123 e. The van der Waals surface area contributed by atoms with Crippen LogP contribution in [0.1, 0.15) is 11.1 Å². The molecule has 0 saturated heterocycles. The maximum atomic E-state index is 9.58. The molecular formula is C8H8I2O. The minimum absolute atomic E-state index is 0.469. The fraction of sp³-hybridized carbons (Fsp3) is 0.250. The van der Waals surface area contributed by atoms with Crippen LogP contribution in [0.3, 0.4) is 0 Å². The predicted octanol–water partition coefficient (Wildman–Crippen LogP) is 3.26. The molecule has 0 aliphatic heterocycles. The van der Waals surface area contributed by atoms with Crippen LogP contribution in [-0.4, -0.2) is 5.11 Å². The number of alkyl halides is 2. The Hall–Kier alpha value is 0.480. The fourth-order valence-electron chi connectivity index (χ4n) is 0.860. The van der Waals surface area contributed by atoms with E-state index >= 15 is 0 Å². The average molecular weight is 374 g/mol. The Morgan fingerprint density at radius 2 is 1.55 bits per heavy atom. The monoisotopic (exact) mass is 374 g/mol. The Bertz CT molecular complexity index is 226. The van der Waals surface area contributed by atoms with E-state index in [-0.39, 0.29) is 0 Å². The molecule has 60 valence electrons. The molecule has 1 nitrogen and oxygen atoms in total. The zero-order chi connectivity index (χ0) is 8.27. The van der Waals surface area contributed by atoms with Gasteiger partial charge in [0.1, 0.15) is 5.75 Å². The first-order chi connectivity index (χ1) is 5.29. The Labute approximate surface area is 93.5 Å². The van der Waals surface area contributed by atoms with Gasteiger partial charge in [-0.1, -0.05) is 63.4 Å². The van der Waals surface area contributed by atoms with Crippen molar-refractivity contribution in [3.05, 3.63) is 29.3 Å². The number of halogens is 2. The highest BCUT2D eigenvalue weighted by atomic mass is 127. The fourth-order valence-corrected chi connectivity index (χ4v) is 2.09. The van der Waals surface area contributed by atoms with Gasteiger partial charge in [-0.3, -0.25) is 0 Å². The van der Waals surface area contributed by atoms with Crippen LogP contribution in [0.5, 0.6) is 5.75 Å². The van der Waals surface area contributed by atoms with Gasteiger partial charge >= 0.3 is 0 Å². The van der Waals surface area contributed by atoms with E-state index in [9.17, 15) is 5.11 Å². The summed E-state index contributed by atoms with van der Waals surface area (Å²) in [5, 5.41) is 9.58. The summed E-state index contributed by atoms with van der Waals surface area (Å²) >= 11 is 4.50. The van der Waals surface area contributed by atoms with Gasteiger partial charge in [-0.05, 0) is 0 Å². The number of rotatable bonds is 2. The summed E-state index contributed by atoms with van der Waals surface area (Å²) in [6.07, 6.45) is 0. The molecule has 0 bridgehead atoms. The van der Waals surface area contributed by atoms with Gasteiger partial charge in [-0.15, -0.1) is 0 Å². The lowest BCUT2D eigenvalue weighted by Crippen LogP contribution is -1.84. The van der Waals surface area contributed by atoms with E-state index in [1.165, 1.54) is 0 Å². The molecule has 0 amide bonds. The summed E-state index contributed by atoms with van der Waals surface area (Å²) in [6.45, 7) is 0. The van der Waals surface area contributed by atoms with Crippen LogP contribution < -0.4 is 0 Å². The number of hydrogen-bond acceptors (Lipinski definition) is 1. The summed E-state index contributed by atoms with van der Waals surface area (Å²) in [6, 6.07) is 5.90. The topological polar surface area (TPSA) is 20.2 Å². The molecule has 0 spiro atoms. The summed E-state index contributed by atoms with van der Waals surface area (Å²) in [7, 11) is 0. The van der Waals surface area contributed by atoms with Crippen molar-refractivity contribution in [3.63, 3.8) is 0 Å². The molecule has 0 radical (unpaired) electrons. The molecule has 0 aliphatic rings. The van der Waals surface area contributed by atoms with Crippen LogP contribution in [0.15, 0.2) is 18.2 Å². The molecule has 0 heterocycles. The van der Waals surface area contributed by atoms with Crippen molar-refractivity contribution in [2.45, 2.75) is 8.86 Å². The first-order valence-corrected chi connectivity index (χ1v) is 6.26. The van der Waals surface area contributed by atoms with Crippen molar-refractivity contribution in [1.82, 2.24) is 0 Å². The smallest absolute Gasteiger partial charge is 0.123 e. The number of para-hydroxylation sites is 1. The van der Waals surface area contributed by atoms with Gasteiger partial charge in [0.05, 0.1) is 0 Å². The number of phenols is 1. The lowest BCUT2D eigenvalue weighted by Gasteiger charge is -2.03. The van der Waals surface area contributed by atoms with E-state index < -0.39 is 0 Å². The molecule has 0 aromatic heterocycles. The molecule has 1 aromatic carbocycles. The van der Waals surface area contributed by atoms with Gasteiger partial charge in [0, 0.05) is 20.0 Å². The second kappa shape index (κ2) is 4.49. The van der Waals surface area contributed by atoms with Crippen LogP contribution in [0.25, 0.3) is 0 Å². The zero-order valence-corrected chi connectivity index (χ0v) is 10.2. The second-order valence-corrected chi connectivity index (χ2v) is 3.72. The Morgan fingerprint density at radius 1 is 1.09 bits per heavy atom. The highest BCUT2D eigenvalue weighted by molar-refractivity contribution is 14.1. The quantitative estimate of drug-likeness (QED) is 0.623. The molecule has 1 rings (SSSR count). The maximum absolute atomic E-state index is 9.58. The Kier molecular flexibility index (Phi) is 3.91. The Balaban J connectivity index is 3.10. The average Bonchev–Trinajstić information content (AvgIpc) is 2.05. The molecule has 0 aliphatic carbocycles. The van der Waals surface area contributed by atoms with Gasteiger partial charge in [-0.25, -0.2) is 0 Å². The second-order valence-electron chi connectivity index (χ2n) is 2.19. The van der Waals surface area contributed by atoms with Crippen molar-refractivity contribution in [2.75, 3.05) is 0 Å². The normalized spacial score (nSPS) is 10.0. The summed E-state index contributed by atoms with van der Waals surface area (Å²) in [4.78, 5) is 0. The van der Waals surface area contributed by atoms with Crippen LogP contribution in [0.2, 0.25) is 0 Å². The summed E-state index contributed by atoms with van der Waals surface area (Å²) < 4.78 is 1.74. The van der Waals surface area contributed by atoms with Gasteiger partial charge in [0.25, 0.3) is 0 Å². The standard InChI is InChI=1S/C8H8I2O/c9-4-6-2-1-3-7(5-10)8(6)11/h1-3,11H,4-5H2. The van der Waals surface area contributed by atoms with E-state index in [4.69, 9.17) is 0 Å².